The highest BCUT2D eigenvalue weighted by molar-refractivity contribution is 7.80. The van der Waals surface area contributed by atoms with Gasteiger partial charge in [0.2, 0.25) is 0 Å². The van der Waals surface area contributed by atoms with Crippen LogP contribution in [0.5, 0.6) is 0 Å². The molecule has 1 aromatic rings. The first-order chi connectivity index (χ1) is 8.15. The first-order valence-corrected chi connectivity index (χ1v) is 6.55. The summed E-state index contributed by atoms with van der Waals surface area (Å²) in [5.41, 5.74) is 7.23. The molecule has 0 saturated heterocycles. The summed E-state index contributed by atoms with van der Waals surface area (Å²) in [7, 11) is 0. The van der Waals surface area contributed by atoms with Crippen molar-refractivity contribution in [3.63, 3.8) is 0 Å². The summed E-state index contributed by atoms with van der Waals surface area (Å²) in [5.74, 6) is 1.69. The van der Waals surface area contributed by atoms with Gasteiger partial charge in [-0.25, -0.2) is 0 Å². The van der Waals surface area contributed by atoms with E-state index in [1.807, 2.05) is 12.1 Å². The van der Waals surface area contributed by atoms with Gasteiger partial charge < -0.3 is 11.1 Å². The Balaban J connectivity index is 1.85. The molecule has 1 aliphatic rings. The molecule has 17 heavy (non-hydrogen) atoms. The Morgan fingerprint density at radius 3 is 2.88 bits per heavy atom. The van der Waals surface area contributed by atoms with Crippen molar-refractivity contribution in [1.29, 1.82) is 0 Å². The fourth-order valence-corrected chi connectivity index (χ4v) is 2.54. The van der Waals surface area contributed by atoms with Crippen LogP contribution in [-0.2, 0) is 0 Å². The molecule has 1 aromatic heterocycles. The Hall–Kier alpha value is -1.16. The Morgan fingerprint density at radius 2 is 2.35 bits per heavy atom. The van der Waals surface area contributed by atoms with Crippen molar-refractivity contribution in [3.8, 4) is 0 Å². The highest BCUT2D eigenvalue weighted by Gasteiger charge is 2.20. The van der Waals surface area contributed by atoms with Crippen molar-refractivity contribution in [2.24, 2.45) is 17.6 Å². The first kappa shape index (κ1) is 12.3. The third kappa shape index (κ3) is 3.40. The van der Waals surface area contributed by atoms with E-state index in [0.29, 0.717) is 10.7 Å². The Kier molecular flexibility index (Phi) is 3.94. The van der Waals surface area contributed by atoms with E-state index in [1.54, 1.807) is 6.20 Å². The van der Waals surface area contributed by atoms with Gasteiger partial charge in [0.25, 0.3) is 0 Å². The third-order valence-electron chi connectivity index (χ3n) is 3.41. The van der Waals surface area contributed by atoms with Gasteiger partial charge in [0, 0.05) is 6.54 Å². The Morgan fingerprint density at radius 1 is 1.53 bits per heavy atom. The van der Waals surface area contributed by atoms with E-state index in [4.69, 9.17) is 18.0 Å². The average molecular weight is 249 g/mol. The smallest absolute Gasteiger partial charge is 0.122 e. The number of anilines is 1. The summed E-state index contributed by atoms with van der Waals surface area (Å²) in [6, 6.07) is 3.85. The van der Waals surface area contributed by atoms with Gasteiger partial charge in [-0.1, -0.05) is 25.6 Å². The number of nitrogens with two attached hydrogens (primary N) is 1. The van der Waals surface area contributed by atoms with Crippen molar-refractivity contribution in [2.75, 3.05) is 11.9 Å². The second-order valence-electron chi connectivity index (χ2n) is 4.96. The van der Waals surface area contributed by atoms with Crippen molar-refractivity contribution >= 4 is 22.9 Å². The monoisotopic (exact) mass is 249 g/mol. The lowest BCUT2D eigenvalue weighted by molar-refractivity contribution is 0.537. The summed E-state index contributed by atoms with van der Waals surface area (Å²) in [6.07, 6.45) is 5.84. The van der Waals surface area contributed by atoms with Crippen molar-refractivity contribution < 1.29 is 0 Å². The number of nitrogens with one attached hydrogen (secondary N) is 1. The molecule has 2 rings (SSSR count). The number of hydrogen-bond donors (Lipinski definition) is 2. The van der Waals surface area contributed by atoms with E-state index < -0.39 is 0 Å². The molecule has 0 aliphatic heterocycles. The third-order valence-corrected chi connectivity index (χ3v) is 3.62. The fourth-order valence-electron chi connectivity index (χ4n) is 2.42. The van der Waals surface area contributed by atoms with Crippen LogP contribution in [0.15, 0.2) is 18.3 Å². The summed E-state index contributed by atoms with van der Waals surface area (Å²) < 4.78 is 0. The molecule has 1 heterocycles. The lowest BCUT2D eigenvalue weighted by atomic mass is 10.1. The molecule has 1 saturated carbocycles. The predicted octanol–water partition coefficient (Wildman–Crippen LogP) is 2.56. The molecule has 4 heteroatoms. The van der Waals surface area contributed by atoms with E-state index in [0.717, 1.165) is 24.1 Å². The van der Waals surface area contributed by atoms with Crippen LogP contribution in [0.1, 0.15) is 31.9 Å². The van der Waals surface area contributed by atoms with Crippen LogP contribution < -0.4 is 11.1 Å². The van der Waals surface area contributed by atoms with Crippen LogP contribution in [-0.4, -0.2) is 16.5 Å². The minimum absolute atomic E-state index is 0.348. The van der Waals surface area contributed by atoms with Gasteiger partial charge in [-0.3, -0.25) is 4.98 Å². The van der Waals surface area contributed by atoms with Crippen LogP contribution in [0.3, 0.4) is 0 Å². The number of thiocarbonyl (C=S) groups is 1. The van der Waals surface area contributed by atoms with E-state index in [2.05, 4.69) is 17.2 Å². The SMILES string of the molecule is CC1CCC(CNc2ccc(C(N)=S)nc2)C1. The zero-order valence-corrected chi connectivity index (χ0v) is 11.0. The molecule has 0 spiro atoms. The number of hydrogen-bond acceptors (Lipinski definition) is 3. The van der Waals surface area contributed by atoms with E-state index in [1.165, 1.54) is 19.3 Å². The van der Waals surface area contributed by atoms with Gasteiger partial charge in [0.05, 0.1) is 17.6 Å². The molecule has 1 aliphatic carbocycles. The Bertz CT molecular complexity index is 388. The molecule has 92 valence electrons. The minimum Gasteiger partial charge on any atom is -0.388 e. The van der Waals surface area contributed by atoms with Gasteiger partial charge >= 0.3 is 0 Å². The van der Waals surface area contributed by atoms with E-state index in [9.17, 15) is 0 Å². The summed E-state index contributed by atoms with van der Waals surface area (Å²) in [6.45, 7) is 3.37. The highest BCUT2D eigenvalue weighted by Crippen LogP contribution is 2.30. The summed E-state index contributed by atoms with van der Waals surface area (Å²) in [5, 5.41) is 3.43. The Labute approximate surface area is 108 Å². The number of nitrogens with zero attached hydrogens (tertiary/aromatic N) is 1. The molecule has 3 nitrogen and oxygen atoms in total. The van der Waals surface area contributed by atoms with Gasteiger partial charge in [0.1, 0.15) is 4.99 Å². The van der Waals surface area contributed by atoms with Crippen molar-refractivity contribution in [2.45, 2.75) is 26.2 Å². The lowest BCUT2D eigenvalue weighted by Crippen LogP contribution is -2.13. The van der Waals surface area contributed by atoms with Crippen LogP contribution >= 0.6 is 12.2 Å². The predicted molar refractivity (Wildman–Crippen MR) is 75.1 cm³/mol. The first-order valence-electron chi connectivity index (χ1n) is 6.15. The van der Waals surface area contributed by atoms with Gasteiger partial charge in [0.15, 0.2) is 0 Å². The molecule has 0 aromatic carbocycles. The number of aromatic nitrogens is 1. The molecular weight excluding hydrogens is 230 g/mol. The fraction of sp³-hybridized carbons (Fsp3) is 0.538. The molecule has 2 unspecified atom stereocenters. The molecule has 2 atom stereocenters. The highest BCUT2D eigenvalue weighted by atomic mass is 32.1. The molecule has 3 N–H and O–H groups in total. The summed E-state index contributed by atoms with van der Waals surface area (Å²) >= 11 is 4.87. The zero-order chi connectivity index (χ0) is 12.3. The van der Waals surface area contributed by atoms with E-state index in [-0.39, 0.29) is 0 Å². The molecule has 1 fully saturated rings. The molecular formula is C13H19N3S. The second kappa shape index (κ2) is 5.45. The number of rotatable bonds is 4. The normalized spacial score (nSPS) is 23.6. The largest absolute Gasteiger partial charge is 0.388 e. The maximum absolute atomic E-state index is 5.50. The van der Waals surface area contributed by atoms with E-state index >= 15 is 0 Å². The van der Waals surface area contributed by atoms with Gasteiger partial charge in [-0.05, 0) is 36.8 Å². The van der Waals surface area contributed by atoms with Crippen LogP contribution in [0.2, 0.25) is 0 Å². The number of pyridine rings is 1. The van der Waals surface area contributed by atoms with Crippen molar-refractivity contribution in [3.05, 3.63) is 24.0 Å². The van der Waals surface area contributed by atoms with Crippen molar-refractivity contribution in [1.82, 2.24) is 4.98 Å². The van der Waals surface area contributed by atoms with Crippen LogP contribution in [0.25, 0.3) is 0 Å². The average Bonchev–Trinajstić information content (AvgIpc) is 2.73. The maximum Gasteiger partial charge on any atom is 0.122 e. The molecule has 0 radical (unpaired) electrons. The van der Waals surface area contributed by atoms with Gasteiger partial charge in [-0.2, -0.15) is 0 Å². The zero-order valence-electron chi connectivity index (χ0n) is 10.1. The second-order valence-corrected chi connectivity index (χ2v) is 5.40. The molecule has 0 amide bonds. The minimum atomic E-state index is 0.348. The maximum atomic E-state index is 5.50. The lowest BCUT2D eigenvalue weighted by Gasteiger charge is -2.12. The summed E-state index contributed by atoms with van der Waals surface area (Å²) in [4.78, 5) is 4.56. The molecule has 0 bridgehead atoms. The van der Waals surface area contributed by atoms with Crippen LogP contribution in [0.4, 0.5) is 5.69 Å². The standard InChI is InChI=1S/C13H19N3S/c1-9-2-3-10(6-9)7-15-11-4-5-12(13(14)17)16-8-11/h4-5,8-10,15H,2-3,6-7H2,1H3,(H2,14,17). The van der Waals surface area contributed by atoms with Gasteiger partial charge in [-0.15, -0.1) is 0 Å². The topological polar surface area (TPSA) is 50.9 Å². The van der Waals surface area contributed by atoms with Crippen LogP contribution in [0, 0.1) is 11.8 Å². The quantitative estimate of drug-likeness (QED) is 0.805.